The molecule has 0 saturated carbocycles. The van der Waals surface area contributed by atoms with Crippen molar-refractivity contribution in [1.29, 1.82) is 0 Å². The number of anilines is 2. The number of nitrogens with one attached hydrogen (secondary N) is 2. The van der Waals surface area contributed by atoms with Gasteiger partial charge in [0.25, 0.3) is 0 Å². The van der Waals surface area contributed by atoms with Gasteiger partial charge >= 0.3 is 0 Å². The fourth-order valence-corrected chi connectivity index (χ4v) is 1.54. The summed E-state index contributed by atoms with van der Waals surface area (Å²) in [5, 5.41) is 14.2. The van der Waals surface area contributed by atoms with Gasteiger partial charge in [-0.15, -0.1) is 5.10 Å². The third-order valence-electron chi connectivity index (χ3n) is 2.58. The molecule has 2 N–H and O–H groups in total. The van der Waals surface area contributed by atoms with Crippen LogP contribution >= 0.6 is 0 Å². The molecule has 106 valence electrons. The Bertz CT molecular complexity index is 515. The van der Waals surface area contributed by atoms with Crippen LogP contribution in [0.4, 0.5) is 11.8 Å². The molecule has 0 atom stereocenters. The lowest BCUT2D eigenvalue weighted by atomic mass is 10.3. The first-order valence-electron chi connectivity index (χ1n) is 6.46. The largest absolute Gasteiger partial charge is 0.367 e. The highest BCUT2D eigenvalue weighted by Crippen LogP contribution is 2.04. The van der Waals surface area contributed by atoms with Gasteiger partial charge < -0.3 is 15.5 Å². The second kappa shape index (κ2) is 7.34. The minimum absolute atomic E-state index is 0.491. The van der Waals surface area contributed by atoms with Crippen LogP contribution in [-0.2, 0) is 6.54 Å². The normalized spacial score (nSPS) is 10.6. The van der Waals surface area contributed by atoms with Crippen molar-refractivity contribution in [2.75, 3.05) is 37.8 Å². The molecule has 2 aromatic heterocycles. The molecule has 7 nitrogen and oxygen atoms in total. The van der Waals surface area contributed by atoms with Crippen molar-refractivity contribution in [1.82, 2.24) is 25.1 Å². The fourth-order valence-electron chi connectivity index (χ4n) is 1.54. The minimum atomic E-state index is 0.491. The molecule has 0 aliphatic heterocycles. The molecule has 0 unspecified atom stereocenters. The molecule has 0 radical (unpaired) electrons. The van der Waals surface area contributed by atoms with E-state index in [1.165, 1.54) is 0 Å². The predicted molar refractivity (Wildman–Crippen MR) is 78.4 cm³/mol. The molecule has 2 heterocycles. The van der Waals surface area contributed by atoms with Gasteiger partial charge in [0.15, 0.2) is 5.82 Å². The maximum Gasteiger partial charge on any atom is 0.245 e. The Morgan fingerprint density at radius 2 is 2.10 bits per heavy atom. The van der Waals surface area contributed by atoms with Crippen LogP contribution in [-0.4, -0.2) is 52.3 Å². The molecule has 2 aromatic rings. The van der Waals surface area contributed by atoms with Crippen molar-refractivity contribution in [2.45, 2.75) is 6.54 Å². The van der Waals surface area contributed by atoms with E-state index in [2.05, 4.69) is 35.7 Å². The summed E-state index contributed by atoms with van der Waals surface area (Å²) in [7, 11) is 4.06. The molecule has 2 rings (SSSR count). The van der Waals surface area contributed by atoms with Gasteiger partial charge in [-0.05, 0) is 26.2 Å². The van der Waals surface area contributed by atoms with Crippen molar-refractivity contribution in [3.8, 4) is 0 Å². The van der Waals surface area contributed by atoms with E-state index in [9.17, 15) is 0 Å². The first-order chi connectivity index (χ1) is 9.74. The van der Waals surface area contributed by atoms with Crippen LogP contribution in [0.5, 0.6) is 0 Å². The topological polar surface area (TPSA) is 78.9 Å². The van der Waals surface area contributed by atoms with Crippen molar-refractivity contribution >= 4 is 11.8 Å². The lowest BCUT2D eigenvalue weighted by Gasteiger charge is -2.11. The minimum Gasteiger partial charge on any atom is -0.367 e. The molecule has 7 heteroatoms. The van der Waals surface area contributed by atoms with E-state index >= 15 is 0 Å². The second-order valence-electron chi connectivity index (χ2n) is 4.57. The number of rotatable bonds is 7. The summed E-state index contributed by atoms with van der Waals surface area (Å²) in [4.78, 5) is 10.7. The average Bonchev–Trinajstić information content (AvgIpc) is 2.46. The van der Waals surface area contributed by atoms with E-state index in [0.29, 0.717) is 18.3 Å². The lowest BCUT2D eigenvalue weighted by molar-refractivity contribution is 0.425. The van der Waals surface area contributed by atoms with E-state index in [1.54, 1.807) is 12.4 Å². The van der Waals surface area contributed by atoms with Crippen molar-refractivity contribution in [2.24, 2.45) is 0 Å². The van der Waals surface area contributed by atoms with Crippen molar-refractivity contribution in [3.63, 3.8) is 0 Å². The van der Waals surface area contributed by atoms with Gasteiger partial charge in [0, 0.05) is 19.3 Å². The summed E-state index contributed by atoms with van der Waals surface area (Å²) < 4.78 is 0. The van der Waals surface area contributed by atoms with Gasteiger partial charge in [0.2, 0.25) is 5.95 Å². The van der Waals surface area contributed by atoms with Gasteiger partial charge in [0.05, 0.1) is 18.4 Å². The molecule has 0 saturated heterocycles. The Hall–Kier alpha value is -2.28. The molecule has 0 bridgehead atoms. The first-order valence-corrected chi connectivity index (χ1v) is 6.46. The summed E-state index contributed by atoms with van der Waals surface area (Å²) >= 11 is 0. The van der Waals surface area contributed by atoms with Crippen LogP contribution < -0.4 is 10.6 Å². The quantitative estimate of drug-likeness (QED) is 0.774. The maximum atomic E-state index is 4.34. The third-order valence-corrected chi connectivity index (χ3v) is 2.58. The van der Waals surface area contributed by atoms with Crippen molar-refractivity contribution < 1.29 is 0 Å². The molecule has 0 aliphatic carbocycles. The van der Waals surface area contributed by atoms with E-state index in [-0.39, 0.29) is 0 Å². The Kier molecular flexibility index (Phi) is 5.19. The van der Waals surface area contributed by atoms with Crippen LogP contribution in [0, 0.1) is 0 Å². The van der Waals surface area contributed by atoms with Gasteiger partial charge in [-0.1, -0.05) is 6.07 Å². The Morgan fingerprint density at radius 1 is 1.20 bits per heavy atom. The standard InChI is InChI=1S/C13H19N7/c1-20(2)8-7-15-12-10-17-19-13(18-12)16-9-11-5-3-4-6-14-11/h3-6,10H,7-9H2,1-2H3,(H2,15,16,18,19). The Labute approximate surface area is 118 Å². The molecular weight excluding hydrogens is 254 g/mol. The van der Waals surface area contributed by atoms with Crippen LogP contribution in [0.3, 0.4) is 0 Å². The number of nitrogens with zero attached hydrogens (tertiary/aromatic N) is 5. The molecule has 0 spiro atoms. The fraction of sp³-hybridized carbons (Fsp3) is 0.385. The summed E-state index contributed by atoms with van der Waals surface area (Å²) in [5.41, 5.74) is 0.932. The summed E-state index contributed by atoms with van der Waals surface area (Å²) in [5.74, 6) is 1.20. The van der Waals surface area contributed by atoms with Crippen LogP contribution in [0.2, 0.25) is 0 Å². The van der Waals surface area contributed by atoms with Gasteiger partial charge in [-0.2, -0.15) is 10.1 Å². The number of likely N-dealkylation sites (N-methyl/N-ethyl adjacent to an activating group) is 1. The zero-order chi connectivity index (χ0) is 14.2. The molecule has 0 aliphatic rings. The SMILES string of the molecule is CN(C)CCNc1cnnc(NCc2ccccn2)n1. The highest BCUT2D eigenvalue weighted by molar-refractivity contribution is 5.37. The van der Waals surface area contributed by atoms with Crippen LogP contribution in [0.15, 0.2) is 30.6 Å². The molecular formula is C13H19N7. The summed E-state index contributed by atoms with van der Waals surface area (Å²) in [6.07, 6.45) is 3.37. The van der Waals surface area contributed by atoms with E-state index in [4.69, 9.17) is 0 Å². The molecule has 0 amide bonds. The Morgan fingerprint density at radius 3 is 2.85 bits per heavy atom. The highest BCUT2D eigenvalue weighted by atomic mass is 15.3. The van der Waals surface area contributed by atoms with E-state index in [0.717, 1.165) is 18.8 Å². The predicted octanol–water partition coefficient (Wildman–Crippen LogP) is 0.852. The van der Waals surface area contributed by atoms with E-state index < -0.39 is 0 Å². The number of hydrogen-bond donors (Lipinski definition) is 2. The number of hydrogen-bond acceptors (Lipinski definition) is 7. The van der Waals surface area contributed by atoms with Gasteiger partial charge in [-0.25, -0.2) is 0 Å². The van der Waals surface area contributed by atoms with Crippen LogP contribution in [0.1, 0.15) is 5.69 Å². The van der Waals surface area contributed by atoms with Crippen molar-refractivity contribution in [3.05, 3.63) is 36.3 Å². The maximum absolute atomic E-state index is 4.34. The molecule has 0 aromatic carbocycles. The number of pyridine rings is 1. The monoisotopic (exact) mass is 273 g/mol. The summed E-state index contributed by atoms with van der Waals surface area (Å²) in [6.45, 7) is 2.32. The zero-order valence-electron chi connectivity index (χ0n) is 11.7. The average molecular weight is 273 g/mol. The van der Waals surface area contributed by atoms with Gasteiger partial charge in [0.1, 0.15) is 0 Å². The highest BCUT2D eigenvalue weighted by Gasteiger charge is 2.01. The smallest absolute Gasteiger partial charge is 0.245 e. The zero-order valence-corrected chi connectivity index (χ0v) is 11.7. The first kappa shape index (κ1) is 14.1. The van der Waals surface area contributed by atoms with Crippen LogP contribution in [0.25, 0.3) is 0 Å². The molecule has 0 fully saturated rings. The van der Waals surface area contributed by atoms with Gasteiger partial charge in [-0.3, -0.25) is 4.98 Å². The summed E-state index contributed by atoms with van der Waals surface area (Å²) in [6, 6.07) is 5.78. The molecule has 20 heavy (non-hydrogen) atoms. The second-order valence-corrected chi connectivity index (χ2v) is 4.57. The lowest BCUT2D eigenvalue weighted by Crippen LogP contribution is -2.21. The Balaban J connectivity index is 1.86. The third kappa shape index (κ3) is 4.77. The number of aromatic nitrogens is 4. The van der Waals surface area contributed by atoms with E-state index in [1.807, 2.05) is 32.3 Å².